The summed E-state index contributed by atoms with van der Waals surface area (Å²) in [6.07, 6.45) is 5.20. The fourth-order valence-electron chi connectivity index (χ4n) is 2.17. The molecule has 23 heavy (non-hydrogen) atoms. The van der Waals surface area contributed by atoms with Crippen LogP contribution in [0.15, 0.2) is 30.6 Å². The number of carbonyl (C=O) groups is 1. The molecule has 3 rings (SSSR count). The van der Waals surface area contributed by atoms with Gasteiger partial charge in [0.1, 0.15) is 5.82 Å². The maximum Gasteiger partial charge on any atom is 0.387 e. The highest BCUT2D eigenvalue weighted by Gasteiger charge is 2.23. The number of halogens is 2. The van der Waals surface area contributed by atoms with Crippen molar-refractivity contribution >= 4 is 5.91 Å². The molecular formula is C16H16F2N2O3. The van der Waals surface area contributed by atoms with Crippen molar-refractivity contribution in [1.82, 2.24) is 9.55 Å². The Morgan fingerprint density at radius 3 is 2.78 bits per heavy atom. The Kier molecular flexibility index (Phi) is 4.27. The van der Waals surface area contributed by atoms with Crippen LogP contribution in [0.1, 0.15) is 29.0 Å². The van der Waals surface area contributed by atoms with E-state index in [0.29, 0.717) is 23.9 Å². The largest absolute Gasteiger partial charge is 0.489 e. The summed E-state index contributed by atoms with van der Waals surface area (Å²) < 4.78 is 36.4. The van der Waals surface area contributed by atoms with Crippen LogP contribution in [0.25, 0.3) is 0 Å². The zero-order chi connectivity index (χ0) is 16.4. The van der Waals surface area contributed by atoms with Crippen LogP contribution in [0.2, 0.25) is 0 Å². The van der Waals surface area contributed by atoms with E-state index in [4.69, 9.17) is 4.74 Å². The maximum atomic E-state index is 12.5. The van der Waals surface area contributed by atoms with Crippen LogP contribution in [-0.4, -0.2) is 28.7 Å². The van der Waals surface area contributed by atoms with Gasteiger partial charge in [-0.15, -0.1) is 0 Å². The average Bonchev–Trinajstić information content (AvgIpc) is 3.25. The second-order valence-electron chi connectivity index (χ2n) is 5.44. The first-order valence-electron chi connectivity index (χ1n) is 7.31. The number of benzene rings is 1. The maximum absolute atomic E-state index is 12.5. The molecule has 0 N–H and O–H groups in total. The lowest BCUT2D eigenvalue weighted by Crippen LogP contribution is -2.13. The summed E-state index contributed by atoms with van der Waals surface area (Å²) in [4.78, 5) is 16.4. The van der Waals surface area contributed by atoms with Gasteiger partial charge in [0.25, 0.3) is 5.91 Å². The Morgan fingerprint density at radius 1 is 1.39 bits per heavy atom. The molecule has 0 bridgehead atoms. The molecule has 122 valence electrons. The summed E-state index contributed by atoms with van der Waals surface area (Å²) >= 11 is 0. The lowest BCUT2D eigenvalue weighted by atomic mass is 10.2. The quantitative estimate of drug-likeness (QED) is 0.819. The Bertz CT molecular complexity index is 711. The highest BCUT2D eigenvalue weighted by atomic mass is 19.3. The van der Waals surface area contributed by atoms with E-state index in [1.54, 1.807) is 13.1 Å². The van der Waals surface area contributed by atoms with Gasteiger partial charge in [-0.1, -0.05) is 0 Å². The van der Waals surface area contributed by atoms with Gasteiger partial charge in [0.15, 0.2) is 11.5 Å². The van der Waals surface area contributed by atoms with E-state index in [1.165, 1.54) is 29.0 Å². The van der Waals surface area contributed by atoms with Gasteiger partial charge in [-0.3, -0.25) is 9.36 Å². The van der Waals surface area contributed by atoms with Crippen molar-refractivity contribution < 1.29 is 23.0 Å². The summed E-state index contributed by atoms with van der Waals surface area (Å²) in [5.74, 6) is 0.772. The molecule has 0 spiro atoms. The average molecular weight is 322 g/mol. The molecule has 2 aromatic rings. The van der Waals surface area contributed by atoms with Crippen LogP contribution in [0.5, 0.6) is 11.5 Å². The van der Waals surface area contributed by atoms with Crippen LogP contribution >= 0.6 is 0 Å². The van der Waals surface area contributed by atoms with E-state index in [9.17, 15) is 13.6 Å². The van der Waals surface area contributed by atoms with Gasteiger partial charge < -0.3 is 9.47 Å². The number of nitrogens with zero attached hydrogens (tertiary/aromatic N) is 2. The van der Waals surface area contributed by atoms with Gasteiger partial charge in [-0.25, -0.2) is 4.98 Å². The minimum Gasteiger partial charge on any atom is -0.489 e. The topological polar surface area (TPSA) is 53.4 Å². The van der Waals surface area contributed by atoms with E-state index in [1.807, 2.05) is 0 Å². The van der Waals surface area contributed by atoms with E-state index in [0.717, 1.165) is 12.8 Å². The van der Waals surface area contributed by atoms with E-state index in [-0.39, 0.29) is 17.4 Å². The standard InChI is InChI=1S/C16H16F2N2O3/c1-10-19-6-7-20(10)15(21)12-4-5-13(23-16(17)18)14(8-12)22-9-11-2-3-11/h4-8,11,16H,2-3,9H2,1H3. The van der Waals surface area contributed by atoms with Crippen molar-refractivity contribution in [3.8, 4) is 11.5 Å². The molecule has 1 heterocycles. The highest BCUT2D eigenvalue weighted by Crippen LogP contribution is 2.34. The molecule has 0 unspecified atom stereocenters. The van der Waals surface area contributed by atoms with Crippen LogP contribution in [-0.2, 0) is 0 Å². The first-order valence-corrected chi connectivity index (χ1v) is 7.31. The smallest absolute Gasteiger partial charge is 0.387 e. The lowest BCUT2D eigenvalue weighted by molar-refractivity contribution is -0.0515. The molecule has 0 radical (unpaired) electrons. The van der Waals surface area contributed by atoms with E-state index in [2.05, 4.69) is 9.72 Å². The zero-order valence-electron chi connectivity index (χ0n) is 12.5. The Balaban J connectivity index is 1.87. The van der Waals surface area contributed by atoms with Gasteiger partial charge in [0, 0.05) is 18.0 Å². The normalized spacial score (nSPS) is 14.1. The summed E-state index contributed by atoms with van der Waals surface area (Å²) in [7, 11) is 0. The number of hydrogen-bond acceptors (Lipinski definition) is 4. The summed E-state index contributed by atoms with van der Waals surface area (Å²) in [5.41, 5.74) is 0.318. The third-order valence-corrected chi connectivity index (χ3v) is 3.62. The number of rotatable bonds is 6. The molecule has 1 aromatic heterocycles. The SMILES string of the molecule is Cc1nccn1C(=O)c1ccc(OC(F)F)c(OCC2CC2)c1. The molecule has 5 nitrogen and oxygen atoms in total. The molecule has 7 heteroatoms. The van der Waals surface area contributed by atoms with Crippen molar-refractivity contribution in [3.63, 3.8) is 0 Å². The third-order valence-electron chi connectivity index (χ3n) is 3.62. The van der Waals surface area contributed by atoms with Gasteiger partial charge in [0.2, 0.25) is 0 Å². The zero-order valence-corrected chi connectivity index (χ0v) is 12.5. The highest BCUT2D eigenvalue weighted by molar-refractivity contribution is 5.96. The number of carbonyl (C=O) groups excluding carboxylic acids is 1. The lowest BCUT2D eigenvalue weighted by Gasteiger charge is -2.13. The number of imidazole rings is 1. The van der Waals surface area contributed by atoms with Crippen LogP contribution in [0.3, 0.4) is 0 Å². The van der Waals surface area contributed by atoms with Crippen molar-refractivity contribution in [2.45, 2.75) is 26.4 Å². The van der Waals surface area contributed by atoms with E-state index >= 15 is 0 Å². The fraction of sp³-hybridized carbons (Fsp3) is 0.375. The summed E-state index contributed by atoms with van der Waals surface area (Å²) in [5, 5.41) is 0. The monoisotopic (exact) mass is 322 g/mol. The van der Waals surface area contributed by atoms with Crippen LogP contribution in [0, 0.1) is 12.8 Å². The number of ether oxygens (including phenoxy) is 2. The molecule has 1 fully saturated rings. The van der Waals surface area contributed by atoms with Gasteiger partial charge >= 0.3 is 6.61 Å². The first-order chi connectivity index (χ1) is 11.0. The molecule has 1 aliphatic carbocycles. The molecule has 1 aliphatic rings. The Labute approximate surface area is 131 Å². The van der Waals surface area contributed by atoms with Crippen molar-refractivity contribution in [3.05, 3.63) is 42.0 Å². The predicted molar refractivity (Wildman–Crippen MR) is 78.0 cm³/mol. The summed E-state index contributed by atoms with van der Waals surface area (Å²) in [6, 6.07) is 4.19. The van der Waals surface area contributed by atoms with Crippen LogP contribution in [0.4, 0.5) is 8.78 Å². The summed E-state index contributed by atoms with van der Waals surface area (Å²) in [6.45, 7) is -0.811. The molecule has 1 aromatic carbocycles. The molecule has 0 aliphatic heterocycles. The predicted octanol–water partition coefficient (Wildman–Crippen LogP) is 3.27. The first kappa shape index (κ1) is 15.5. The van der Waals surface area contributed by atoms with Crippen molar-refractivity contribution in [2.75, 3.05) is 6.61 Å². The van der Waals surface area contributed by atoms with Crippen molar-refractivity contribution in [2.24, 2.45) is 5.92 Å². The molecular weight excluding hydrogens is 306 g/mol. The Hall–Kier alpha value is -2.44. The second kappa shape index (κ2) is 6.36. The number of aryl methyl sites for hydroxylation is 1. The van der Waals surface area contributed by atoms with Gasteiger partial charge in [0.05, 0.1) is 6.61 Å². The number of hydrogen-bond donors (Lipinski definition) is 0. The van der Waals surface area contributed by atoms with E-state index < -0.39 is 6.61 Å². The number of aromatic nitrogens is 2. The molecule has 1 saturated carbocycles. The molecule has 0 saturated heterocycles. The second-order valence-corrected chi connectivity index (χ2v) is 5.44. The van der Waals surface area contributed by atoms with Gasteiger partial charge in [-0.2, -0.15) is 8.78 Å². The third kappa shape index (κ3) is 3.67. The molecule has 0 amide bonds. The van der Waals surface area contributed by atoms with Crippen molar-refractivity contribution in [1.29, 1.82) is 0 Å². The Morgan fingerprint density at radius 2 is 2.17 bits per heavy atom. The van der Waals surface area contributed by atoms with Gasteiger partial charge in [-0.05, 0) is 43.9 Å². The fourth-order valence-corrected chi connectivity index (χ4v) is 2.17. The molecule has 0 atom stereocenters. The minimum absolute atomic E-state index is 0.0699. The number of alkyl halides is 2. The minimum atomic E-state index is -2.95. The van der Waals surface area contributed by atoms with Crippen LogP contribution < -0.4 is 9.47 Å².